The first-order valence-electron chi connectivity index (χ1n) is 5.74. The molecule has 104 valence electrons. The van der Waals surface area contributed by atoms with Crippen molar-refractivity contribution >= 4 is 52.1 Å². The minimum Gasteiger partial charge on any atom is -0.337 e. The zero-order chi connectivity index (χ0) is 13.8. The summed E-state index contributed by atoms with van der Waals surface area (Å²) >= 11 is 19.0. The Kier molecular flexibility index (Phi) is 6.74. The van der Waals surface area contributed by atoms with Crippen molar-refractivity contribution in [1.29, 1.82) is 0 Å². The zero-order valence-electron chi connectivity index (χ0n) is 10.3. The molecule has 0 radical (unpaired) electrons. The first-order valence-corrected chi connectivity index (χ1v) is 10.7. The van der Waals surface area contributed by atoms with Gasteiger partial charge in [0.05, 0.1) is 16.7 Å². The maximum atomic E-state index is 10.1. The highest BCUT2D eigenvalue weighted by Gasteiger charge is 2.38. The van der Waals surface area contributed by atoms with Crippen LogP contribution < -0.4 is 0 Å². The predicted molar refractivity (Wildman–Crippen MR) is 86.1 cm³/mol. The second-order valence-electron chi connectivity index (χ2n) is 3.98. The fraction of sp³-hybridized carbons (Fsp3) is 0.636. The van der Waals surface area contributed by atoms with Gasteiger partial charge in [-0.25, -0.2) is 0 Å². The summed E-state index contributed by atoms with van der Waals surface area (Å²) in [5.74, 6) is 0. The minimum absolute atomic E-state index is 0.121. The summed E-state index contributed by atoms with van der Waals surface area (Å²) in [7, 11) is 0. The van der Waals surface area contributed by atoms with E-state index in [1.54, 1.807) is 6.08 Å². The molecule has 18 heavy (non-hydrogen) atoms. The molecule has 0 aromatic rings. The lowest BCUT2D eigenvalue weighted by Crippen LogP contribution is -2.32. The van der Waals surface area contributed by atoms with E-state index >= 15 is 0 Å². The maximum Gasteiger partial charge on any atom is 0.245 e. The SMILES string of the molecule is CCCC1(Cl)C=C(Cl)C=CC1SP(O)(=S)OCC. The molecule has 1 rings (SSSR count). The molecule has 0 fully saturated rings. The van der Waals surface area contributed by atoms with Gasteiger partial charge in [-0.3, -0.25) is 0 Å². The first kappa shape index (κ1) is 17.0. The smallest absolute Gasteiger partial charge is 0.245 e. The molecule has 0 spiro atoms. The average Bonchev–Trinajstić information content (AvgIpc) is 2.22. The van der Waals surface area contributed by atoms with Gasteiger partial charge in [0.25, 0.3) is 0 Å². The van der Waals surface area contributed by atoms with Crippen LogP contribution in [0.4, 0.5) is 0 Å². The van der Waals surface area contributed by atoms with Gasteiger partial charge in [0.2, 0.25) is 5.69 Å². The third-order valence-electron chi connectivity index (χ3n) is 2.45. The van der Waals surface area contributed by atoms with Gasteiger partial charge in [-0.15, -0.1) is 11.6 Å². The van der Waals surface area contributed by atoms with Crippen LogP contribution in [0.2, 0.25) is 0 Å². The molecule has 0 heterocycles. The summed E-state index contributed by atoms with van der Waals surface area (Å²) in [5, 5.41) is 0.502. The molecule has 0 saturated heterocycles. The van der Waals surface area contributed by atoms with Crippen molar-refractivity contribution in [2.75, 3.05) is 6.61 Å². The lowest BCUT2D eigenvalue weighted by Gasteiger charge is -2.34. The van der Waals surface area contributed by atoms with Gasteiger partial charge in [0, 0.05) is 5.03 Å². The molecule has 3 unspecified atom stereocenters. The Morgan fingerprint density at radius 1 is 1.61 bits per heavy atom. The van der Waals surface area contributed by atoms with Gasteiger partial charge in [0.15, 0.2) is 0 Å². The third-order valence-corrected chi connectivity index (χ3v) is 7.89. The molecule has 0 aromatic carbocycles. The van der Waals surface area contributed by atoms with Crippen molar-refractivity contribution in [2.24, 2.45) is 0 Å². The quantitative estimate of drug-likeness (QED) is 0.551. The highest BCUT2D eigenvalue weighted by atomic mass is 35.5. The van der Waals surface area contributed by atoms with Crippen molar-refractivity contribution in [3.8, 4) is 0 Å². The fourth-order valence-corrected chi connectivity index (χ4v) is 7.25. The number of alkyl halides is 1. The Hall–Kier alpha value is 0.980. The van der Waals surface area contributed by atoms with Crippen LogP contribution in [-0.4, -0.2) is 21.6 Å². The summed E-state index contributed by atoms with van der Waals surface area (Å²) < 4.78 is 5.23. The van der Waals surface area contributed by atoms with Crippen molar-refractivity contribution in [3.63, 3.8) is 0 Å². The van der Waals surface area contributed by atoms with Gasteiger partial charge in [-0.2, -0.15) is 0 Å². The molecule has 1 aliphatic carbocycles. The number of rotatable bonds is 6. The highest BCUT2D eigenvalue weighted by molar-refractivity contribution is 8.67. The van der Waals surface area contributed by atoms with Crippen LogP contribution in [0.5, 0.6) is 0 Å². The van der Waals surface area contributed by atoms with Crippen molar-refractivity contribution in [1.82, 2.24) is 0 Å². The predicted octanol–water partition coefficient (Wildman–Crippen LogP) is 4.81. The molecule has 3 atom stereocenters. The minimum atomic E-state index is -2.84. The van der Waals surface area contributed by atoms with Gasteiger partial charge in [0.1, 0.15) is 0 Å². The number of halogens is 2. The fourth-order valence-electron chi connectivity index (χ4n) is 1.76. The van der Waals surface area contributed by atoms with Gasteiger partial charge < -0.3 is 9.42 Å². The second kappa shape index (κ2) is 7.12. The molecule has 7 heteroatoms. The Bertz CT molecular complexity index is 401. The number of allylic oxidation sites excluding steroid dienone is 3. The summed E-state index contributed by atoms with van der Waals surface area (Å²) in [6.07, 6.45) is 7.22. The van der Waals surface area contributed by atoms with Crippen LogP contribution in [0.3, 0.4) is 0 Å². The molecule has 0 aliphatic heterocycles. The molecule has 0 saturated carbocycles. The number of hydrogen-bond acceptors (Lipinski definition) is 3. The van der Waals surface area contributed by atoms with E-state index in [0.29, 0.717) is 11.6 Å². The molecule has 0 bridgehead atoms. The van der Waals surface area contributed by atoms with Crippen molar-refractivity contribution in [2.45, 2.75) is 36.8 Å². The second-order valence-corrected chi connectivity index (χ2v) is 11.3. The first-order chi connectivity index (χ1) is 8.33. The maximum absolute atomic E-state index is 10.1. The standard InChI is InChI=1S/C11H17Cl2O2PS2/c1-3-7-11(13)8-9(12)5-6-10(11)18-16(14,17)15-4-2/h5-6,8,10H,3-4,7H2,1-2H3,(H,14,17). The van der Waals surface area contributed by atoms with E-state index in [2.05, 4.69) is 6.92 Å². The van der Waals surface area contributed by atoms with E-state index in [1.807, 2.05) is 19.1 Å². The third kappa shape index (κ3) is 4.82. The van der Waals surface area contributed by atoms with E-state index in [4.69, 9.17) is 39.5 Å². The largest absolute Gasteiger partial charge is 0.337 e. The summed E-state index contributed by atoms with van der Waals surface area (Å²) in [6, 6.07) is 0. The van der Waals surface area contributed by atoms with Crippen LogP contribution >= 0.6 is 40.3 Å². The lowest BCUT2D eigenvalue weighted by atomic mass is 9.94. The zero-order valence-corrected chi connectivity index (χ0v) is 14.3. The highest BCUT2D eigenvalue weighted by Crippen LogP contribution is 2.61. The van der Waals surface area contributed by atoms with E-state index in [9.17, 15) is 4.89 Å². The van der Waals surface area contributed by atoms with E-state index in [1.165, 1.54) is 11.4 Å². The molecule has 0 aromatic heterocycles. The Morgan fingerprint density at radius 3 is 2.83 bits per heavy atom. The van der Waals surface area contributed by atoms with Gasteiger partial charge >= 0.3 is 0 Å². The van der Waals surface area contributed by atoms with Crippen molar-refractivity contribution < 1.29 is 9.42 Å². The van der Waals surface area contributed by atoms with Gasteiger partial charge in [-0.1, -0.05) is 42.4 Å². The average molecular weight is 347 g/mol. The van der Waals surface area contributed by atoms with Gasteiger partial charge in [-0.05, 0) is 37.3 Å². The summed E-state index contributed by atoms with van der Waals surface area (Å²) in [6.45, 7) is 4.27. The normalized spacial score (nSPS) is 30.9. The van der Waals surface area contributed by atoms with E-state index in [0.717, 1.165) is 12.8 Å². The van der Waals surface area contributed by atoms with Crippen LogP contribution in [-0.2, 0) is 16.3 Å². The van der Waals surface area contributed by atoms with Crippen LogP contribution in [0.15, 0.2) is 23.3 Å². The molecular weight excluding hydrogens is 330 g/mol. The Labute approximate surface area is 128 Å². The van der Waals surface area contributed by atoms with E-state index in [-0.39, 0.29) is 5.25 Å². The summed E-state index contributed by atoms with van der Waals surface area (Å²) in [5.41, 5.74) is -2.84. The van der Waals surface area contributed by atoms with Crippen LogP contribution in [0.25, 0.3) is 0 Å². The molecule has 0 amide bonds. The lowest BCUT2D eigenvalue weighted by molar-refractivity contribution is 0.340. The Morgan fingerprint density at radius 2 is 2.28 bits per heavy atom. The van der Waals surface area contributed by atoms with E-state index < -0.39 is 10.6 Å². The molecule has 1 aliphatic rings. The van der Waals surface area contributed by atoms with Crippen LogP contribution in [0.1, 0.15) is 26.7 Å². The van der Waals surface area contributed by atoms with Crippen molar-refractivity contribution in [3.05, 3.63) is 23.3 Å². The van der Waals surface area contributed by atoms with Crippen LogP contribution in [0, 0.1) is 0 Å². The molecule has 2 nitrogen and oxygen atoms in total. The Balaban J connectivity index is 2.87. The monoisotopic (exact) mass is 346 g/mol. The number of hydrogen-bond donors (Lipinski definition) is 1. The topological polar surface area (TPSA) is 29.5 Å². The summed E-state index contributed by atoms with van der Waals surface area (Å²) in [4.78, 5) is 9.45. The molecule has 1 N–H and O–H groups in total. The molecular formula is C11H17Cl2O2PS2.